The molecule has 1 amide bonds. The van der Waals surface area contributed by atoms with Crippen molar-refractivity contribution in [1.29, 1.82) is 5.26 Å². The average Bonchev–Trinajstić information content (AvgIpc) is 2.87. The summed E-state index contributed by atoms with van der Waals surface area (Å²) in [4.78, 5) is 22.4. The Kier molecular flexibility index (Phi) is 4.94. The van der Waals surface area contributed by atoms with Gasteiger partial charge in [-0.2, -0.15) is 5.26 Å². The lowest BCUT2D eigenvalue weighted by atomic mass is 10.1. The van der Waals surface area contributed by atoms with Gasteiger partial charge in [0.1, 0.15) is 23.2 Å². The number of rotatable bonds is 4. The number of imidazole rings is 1. The molecule has 3 heterocycles. The number of aromatic nitrogens is 3. The number of pyridine rings is 1. The van der Waals surface area contributed by atoms with E-state index in [1.165, 1.54) is 6.42 Å². The number of amides is 1. The summed E-state index contributed by atoms with van der Waals surface area (Å²) in [6, 6.07) is 10.7. The standard InChI is InChI=1S/C21H21N5O2/c1-14-12-17(19-20(23-14)26-10-4-2-3-8-18(26)25-19)21(27)24-15-6-5-7-16(13-15)28-11-9-22/h5-7,12-13H,2-4,8,10-11H2,1H3,(H,24,27). The summed E-state index contributed by atoms with van der Waals surface area (Å²) in [6.45, 7) is 2.74. The number of ether oxygens (including phenoxy) is 1. The molecule has 7 heteroatoms. The molecule has 0 bridgehead atoms. The lowest BCUT2D eigenvalue weighted by Gasteiger charge is -2.09. The number of nitriles is 1. The van der Waals surface area contributed by atoms with Gasteiger partial charge in [-0.3, -0.25) is 4.79 Å². The number of hydrogen-bond acceptors (Lipinski definition) is 5. The highest BCUT2D eigenvalue weighted by Crippen LogP contribution is 2.25. The number of nitrogens with one attached hydrogen (secondary N) is 1. The van der Waals surface area contributed by atoms with Gasteiger partial charge >= 0.3 is 0 Å². The molecule has 0 radical (unpaired) electrons. The second kappa shape index (κ2) is 7.69. The maximum atomic E-state index is 13.0. The average molecular weight is 375 g/mol. The van der Waals surface area contributed by atoms with E-state index in [2.05, 4.69) is 14.9 Å². The predicted octanol–water partition coefficient (Wildman–Crippen LogP) is 3.62. The molecule has 7 nitrogen and oxygen atoms in total. The fourth-order valence-electron chi connectivity index (χ4n) is 3.57. The fraction of sp³-hybridized carbons (Fsp3) is 0.333. The van der Waals surface area contributed by atoms with E-state index in [1.54, 1.807) is 30.3 Å². The number of anilines is 1. The zero-order chi connectivity index (χ0) is 19.5. The van der Waals surface area contributed by atoms with Gasteiger partial charge in [0.25, 0.3) is 5.91 Å². The van der Waals surface area contributed by atoms with Crippen LogP contribution in [0.4, 0.5) is 5.69 Å². The molecular formula is C21H21N5O2. The molecular weight excluding hydrogens is 354 g/mol. The van der Waals surface area contributed by atoms with E-state index < -0.39 is 0 Å². The van der Waals surface area contributed by atoms with Crippen molar-refractivity contribution < 1.29 is 9.53 Å². The Morgan fingerprint density at radius 1 is 1.29 bits per heavy atom. The quantitative estimate of drug-likeness (QED) is 0.752. The highest BCUT2D eigenvalue weighted by molar-refractivity contribution is 6.11. The van der Waals surface area contributed by atoms with Crippen LogP contribution in [0.2, 0.25) is 0 Å². The Bertz CT molecular complexity index is 1080. The zero-order valence-electron chi connectivity index (χ0n) is 15.7. The van der Waals surface area contributed by atoms with Crippen LogP contribution in [0.3, 0.4) is 0 Å². The number of nitrogens with zero attached hydrogens (tertiary/aromatic N) is 4. The molecule has 0 atom stereocenters. The third-order valence-electron chi connectivity index (χ3n) is 4.83. The molecule has 1 aliphatic heterocycles. The van der Waals surface area contributed by atoms with Gasteiger partial charge < -0.3 is 14.6 Å². The summed E-state index contributed by atoms with van der Waals surface area (Å²) >= 11 is 0. The summed E-state index contributed by atoms with van der Waals surface area (Å²) in [5.74, 6) is 1.30. The first kappa shape index (κ1) is 18.0. The smallest absolute Gasteiger partial charge is 0.258 e. The minimum Gasteiger partial charge on any atom is -0.479 e. The second-order valence-electron chi connectivity index (χ2n) is 6.90. The van der Waals surface area contributed by atoms with Crippen LogP contribution in [0.1, 0.15) is 41.1 Å². The van der Waals surface area contributed by atoms with Crippen molar-refractivity contribution in [2.24, 2.45) is 0 Å². The van der Waals surface area contributed by atoms with E-state index in [1.807, 2.05) is 13.0 Å². The largest absolute Gasteiger partial charge is 0.479 e. The van der Waals surface area contributed by atoms with E-state index in [0.717, 1.165) is 43.0 Å². The van der Waals surface area contributed by atoms with Crippen LogP contribution < -0.4 is 10.1 Å². The minimum atomic E-state index is -0.235. The summed E-state index contributed by atoms with van der Waals surface area (Å²) in [5.41, 5.74) is 3.34. The van der Waals surface area contributed by atoms with Gasteiger partial charge in [-0.15, -0.1) is 0 Å². The van der Waals surface area contributed by atoms with Crippen LogP contribution in [0.5, 0.6) is 5.75 Å². The van der Waals surface area contributed by atoms with Gasteiger partial charge in [0.05, 0.1) is 5.56 Å². The van der Waals surface area contributed by atoms with E-state index in [0.29, 0.717) is 22.5 Å². The maximum Gasteiger partial charge on any atom is 0.258 e. The van der Waals surface area contributed by atoms with Crippen LogP contribution in [0.25, 0.3) is 11.2 Å². The first-order chi connectivity index (χ1) is 13.7. The number of fused-ring (bicyclic) bond motifs is 3. The Labute approximate surface area is 163 Å². The number of hydrogen-bond donors (Lipinski definition) is 1. The highest BCUT2D eigenvalue weighted by atomic mass is 16.5. The molecule has 28 heavy (non-hydrogen) atoms. The third kappa shape index (κ3) is 3.54. The highest BCUT2D eigenvalue weighted by Gasteiger charge is 2.21. The first-order valence-electron chi connectivity index (χ1n) is 9.43. The molecule has 0 spiro atoms. The van der Waals surface area contributed by atoms with Crippen LogP contribution in [0.15, 0.2) is 30.3 Å². The maximum absolute atomic E-state index is 13.0. The van der Waals surface area contributed by atoms with Gasteiger partial charge in [-0.1, -0.05) is 12.5 Å². The molecule has 1 aliphatic rings. The van der Waals surface area contributed by atoms with Crippen LogP contribution in [0, 0.1) is 18.3 Å². The minimum absolute atomic E-state index is 0.0399. The first-order valence-corrected chi connectivity index (χ1v) is 9.43. The third-order valence-corrected chi connectivity index (χ3v) is 4.83. The molecule has 0 aliphatic carbocycles. The zero-order valence-corrected chi connectivity index (χ0v) is 15.7. The predicted molar refractivity (Wildman–Crippen MR) is 105 cm³/mol. The molecule has 0 saturated carbocycles. The van der Waals surface area contributed by atoms with Gasteiger partial charge in [0, 0.05) is 30.4 Å². The van der Waals surface area contributed by atoms with Crippen LogP contribution in [-0.4, -0.2) is 27.0 Å². The molecule has 1 aromatic carbocycles. The monoisotopic (exact) mass is 375 g/mol. The molecule has 0 saturated heterocycles. The number of carbonyl (C=O) groups excluding carboxylic acids is 1. The van der Waals surface area contributed by atoms with Crippen molar-refractivity contribution in [3.8, 4) is 11.8 Å². The molecule has 4 rings (SSSR count). The van der Waals surface area contributed by atoms with Gasteiger partial charge in [-0.05, 0) is 38.0 Å². The van der Waals surface area contributed by atoms with Gasteiger partial charge in [0.2, 0.25) is 0 Å². The van der Waals surface area contributed by atoms with Crippen LogP contribution >= 0.6 is 0 Å². The van der Waals surface area contributed by atoms with E-state index in [9.17, 15) is 4.79 Å². The van der Waals surface area contributed by atoms with Gasteiger partial charge in [-0.25, -0.2) is 9.97 Å². The molecule has 3 aromatic rings. The van der Waals surface area contributed by atoms with Crippen molar-refractivity contribution in [2.45, 2.75) is 39.2 Å². The Morgan fingerprint density at radius 2 is 2.18 bits per heavy atom. The van der Waals surface area contributed by atoms with Crippen molar-refractivity contribution >= 4 is 22.8 Å². The molecule has 0 unspecified atom stereocenters. The molecule has 142 valence electrons. The van der Waals surface area contributed by atoms with E-state index in [4.69, 9.17) is 15.0 Å². The summed E-state index contributed by atoms with van der Waals surface area (Å²) in [5, 5.41) is 11.6. The molecule has 1 N–H and O–H groups in total. The van der Waals surface area contributed by atoms with Crippen molar-refractivity contribution in [2.75, 3.05) is 11.9 Å². The number of carbonyl (C=O) groups is 1. The Morgan fingerprint density at radius 3 is 3.04 bits per heavy atom. The van der Waals surface area contributed by atoms with Crippen LogP contribution in [-0.2, 0) is 13.0 Å². The van der Waals surface area contributed by atoms with Crippen molar-refractivity contribution in [3.63, 3.8) is 0 Å². The molecule has 0 fully saturated rings. The van der Waals surface area contributed by atoms with E-state index >= 15 is 0 Å². The van der Waals surface area contributed by atoms with Crippen molar-refractivity contribution in [1.82, 2.24) is 14.5 Å². The van der Waals surface area contributed by atoms with Crippen molar-refractivity contribution in [3.05, 3.63) is 47.4 Å². The second-order valence-corrected chi connectivity index (χ2v) is 6.90. The fourth-order valence-corrected chi connectivity index (χ4v) is 3.57. The summed E-state index contributed by atoms with van der Waals surface area (Å²) < 4.78 is 7.46. The normalized spacial score (nSPS) is 13.4. The summed E-state index contributed by atoms with van der Waals surface area (Å²) in [7, 11) is 0. The molecule has 2 aromatic heterocycles. The van der Waals surface area contributed by atoms with E-state index in [-0.39, 0.29) is 12.5 Å². The lowest BCUT2D eigenvalue weighted by Crippen LogP contribution is -2.13. The topological polar surface area (TPSA) is 92.8 Å². The number of aryl methyl sites for hydroxylation is 3. The Hall–Kier alpha value is -3.40. The SMILES string of the molecule is Cc1cc(C(=O)Nc2cccc(OCC#N)c2)c2nc3n(c2n1)CCCCC3. The lowest BCUT2D eigenvalue weighted by molar-refractivity contribution is 0.102. The van der Waals surface area contributed by atoms with Gasteiger partial charge in [0.15, 0.2) is 12.3 Å². The number of benzene rings is 1. The Balaban J connectivity index is 1.67. The summed E-state index contributed by atoms with van der Waals surface area (Å²) in [6.07, 6.45) is 4.31.